The third kappa shape index (κ3) is 2.30. The maximum atomic E-state index is 12.4. The zero-order valence-electron chi connectivity index (χ0n) is 10.8. The Kier molecular flexibility index (Phi) is 3.46. The quantitative estimate of drug-likeness (QED) is 0.826. The summed E-state index contributed by atoms with van der Waals surface area (Å²) in [7, 11) is 0. The van der Waals surface area contributed by atoms with Gasteiger partial charge in [-0.1, -0.05) is 11.6 Å². The van der Waals surface area contributed by atoms with Crippen molar-refractivity contribution in [3.05, 3.63) is 41.1 Å². The molecule has 3 rings (SSSR count). The van der Waals surface area contributed by atoms with E-state index in [1.807, 2.05) is 4.90 Å². The molecule has 20 heavy (non-hydrogen) atoms. The fourth-order valence-corrected chi connectivity index (χ4v) is 2.55. The highest BCUT2D eigenvalue weighted by molar-refractivity contribution is 6.32. The third-order valence-electron chi connectivity index (χ3n) is 3.45. The van der Waals surface area contributed by atoms with E-state index in [-0.39, 0.29) is 11.8 Å². The van der Waals surface area contributed by atoms with Gasteiger partial charge in [-0.05, 0) is 24.3 Å². The minimum absolute atomic E-state index is 0.265. The van der Waals surface area contributed by atoms with Crippen LogP contribution >= 0.6 is 11.6 Å². The van der Waals surface area contributed by atoms with Gasteiger partial charge in [-0.2, -0.15) is 0 Å². The molecule has 1 aromatic rings. The Hall–Kier alpha value is -1.85. The SMILES string of the molecule is O=C1C=C(N2CCNCC2)C(=O)N1c1ccc(Cl)cc1. The number of imide groups is 1. The first-order valence-corrected chi connectivity index (χ1v) is 6.86. The molecule has 2 heterocycles. The van der Waals surface area contributed by atoms with E-state index >= 15 is 0 Å². The first kappa shape index (κ1) is 13.1. The number of halogens is 1. The molecule has 1 N–H and O–H groups in total. The molecule has 0 aromatic heterocycles. The molecule has 1 saturated heterocycles. The Labute approximate surface area is 121 Å². The Balaban J connectivity index is 1.84. The molecule has 104 valence electrons. The van der Waals surface area contributed by atoms with E-state index in [1.54, 1.807) is 24.3 Å². The minimum Gasteiger partial charge on any atom is -0.364 e. The van der Waals surface area contributed by atoms with Gasteiger partial charge in [0.15, 0.2) is 0 Å². The summed E-state index contributed by atoms with van der Waals surface area (Å²) in [6.07, 6.45) is 1.42. The first-order chi connectivity index (χ1) is 9.66. The number of amides is 2. The molecular formula is C14H14ClN3O2. The van der Waals surface area contributed by atoms with Crippen LogP contribution in [0.25, 0.3) is 0 Å². The summed E-state index contributed by atoms with van der Waals surface area (Å²) in [5.74, 6) is -0.565. The number of benzene rings is 1. The summed E-state index contributed by atoms with van der Waals surface area (Å²) >= 11 is 5.82. The number of rotatable bonds is 2. The second-order valence-corrected chi connectivity index (χ2v) is 5.16. The number of anilines is 1. The minimum atomic E-state index is -0.300. The molecule has 2 aliphatic rings. The monoisotopic (exact) mass is 291 g/mol. The van der Waals surface area contributed by atoms with E-state index in [0.717, 1.165) is 26.2 Å². The van der Waals surface area contributed by atoms with Gasteiger partial charge < -0.3 is 10.2 Å². The molecule has 0 bridgehead atoms. The van der Waals surface area contributed by atoms with Crippen LogP contribution in [0.5, 0.6) is 0 Å². The van der Waals surface area contributed by atoms with Crippen LogP contribution in [0.2, 0.25) is 5.02 Å². The van der Waals surface area contributed by atoms with Crippen molar-refractivity contribution in [3.63, 3.8) is 0 Å². The lowest BCUT2D eigenvalue weighted by Crippen LogP contribution is -2.45. The van der Waals surface area contributed by atoms with Crippen molar-refractivity contribution in [2.75, 3.05) is 31.1 Å². The van der Waals surface area contributed by atoms with Gasteiger partial charge in [0.2, 0.25) is 0 Å². The number of piperazine rings is 1. The summed E-state index contributed by atoms with van der Waals surface area (Å²) in [5.41, 5.74) is 1.03. The smallest absolute Gasteiger partial charge is 0.281 e. The molecule has 1 aromatic carbocycles. The van der Waals surface area contributed by atoms with Crippen LogP contribution in [0.15, 0.2) is 36.0 Å². The van der Waals surface area contributed by atoms with Gasteiger partial charge in [-0.25, -0.2) is 4.90 Å². The Morgan fingerprint density at radius 1 is 1.05 bits per heavy atom. The van der Waals surface area contributed by atoms with Crippen LogP contribution in [0.3, 0.4) is 0 Å². The predicted molar refractivity (Wildman–Crippen MR) is 76.5 cm³/mol. The Morgan fingerprint density at radius 3 is 2.35 bits per heavy atom. The summed E-state index contributed by atoms with van der Waals surface area (Å²) in [6.45, 7) is 3.11. The fourth-order valence-electron chi connectivity index (χ4n) is 2.42. The van der Waals surface area contributed by atoms with Crippen molar-refractivity contribution < 1.29 is 9.59 Å². The van der Waals surface area contributed by atoms with E-state index in [0.29, 0.717) is 16.4 Å². The van der Waals surface area contributed by atoms with E-state index in [4.69, 9.17) is 11.6 Å². The number of carbonyl (C=O) groups excluding carboxylic acids is 2. The lowest BCUT2D eigenvalue weighted by Gasteiger charge is -2.29. The molecule has 0 atom stereocenters. The summed E-state index contributed by atoms with van der Waals surface area (Å²) < 4.78 is 0. The van der Waals surface area contributed by atoms with Gasteiger partial charge in [0, 0.05) is 37.3 Å². The van der Waals surface area contributed by atoms with Gasteiger partial charge in [-0.15, -0.1) is 0 Å². The van der Waals surface area contributed by atoms with E-state index in [2.05, 4.69) is 5.32 Å². The molecule has 0 saturated carbocycles. The van der Waals surface area contributed by atoms with Crippen molar-refractivity contribution in [3.8, 4) is 0 Å². The zero-order chi connectivity index (χ0) is 14.1. The van der Waals surface area contributed by atoms with E-state index < -0.39 is 0 Å². The van der Waals surface area contributed by atoms with Gasteiger partial charge in [0.1, 0.15) is 5.70 Å². The number of nitrogens with zero attached hydrogens (tertiary/aromatic N) is 2. The van der Waals surface area contributed by atoms with Crippen LogP contribution in [0.4, 0.5) is 5.69 Å². The van der Waals surface area contributed by atoms with Crippen molar-refractivity contribution in [1.82, 2.24) is 10.2 Å². The maximum Gasteiger partial charge on any atom is 0.281 e. The van der Waals surface area contributed by atoms with Crippen LogP contribution in [-0.2, 0) is 9.59 Å². The van der Waals surface area contributed by atoms with Crippen LogP contribution < -0.4 is 10.2 Å². The highest BCUT2D eigenvalue weighted by Crippen LogP contribution is 2.25. The standard InChI is InChI=1S/C14H14ClN3O2/c15-10-1-3-11(4-2-10)18-13(19)9-12(14(18)20)17-7-5-16-6-8-17/h1-4,9,16H,5-8H2. The normalized spacial score (nSPS) is 19.6. The maximum absolute atomic E-state index is 12.4. The third-order valence-corrected chi connectivity index (χ3v) is 3.70. The van der Waals surface area contributed by atoms with Crippen molar-refractivity contribution in [2.45, 2.75) is 0 Å². The molecule has 2 aliphatic heterocycles. The van der Waals surface area contributed by atoms with Crippen LogP contribution in [0, 0.1) is 0 Å². The van der Waals surface area contributed by atoms with E-state index in [9.17, 15) is 9.59 Å². The van der Waals surface area contributed by atoms with Crippen molar-refractivity contribution in [1.29, 1.82) is 0 Å². The topological polar surface area (TPSA) is 52.7 Å². The average molecular weight is 292 g/mol. The fraction of sp³-hybridized carbons (Fsp3) is 0.286. The van der Waals surface area contributed by atoms with Gasteiger partial charge in [0.05, 0.1) is 5.69 Å². The first-order valence-electron chi connectivity index (χ1n) is 6.48. The number of carbonyl (C=O) groups is 2. The lowest BCUT2D eigenvalue weighted by molar-refractivity contribution is -0.121. The van der Waals surface area contributed by atoms with Crippen molar-refractivity contribution in [2.24, 2.45) is 0 Å². The summed E-state index contributed by atoms with van der Waals surface area (Å²) in [4.78, 5) is 27.7. The van der Waals surface area contributed by atoms with Crippen LogP contribution in [0.1, 0.15) is 0 Å². The molecule has 6 heteroatoms. The summed E-state index contributed by atoms with van der Waals surface area (Å²) in [5, 5.41) is 3.79. The molecule has 0 aliphatic carbocycles. The molecule has 0 radical (unpaired) electrons. The second-order valence-electron chi connectivity index (χ2n) is 4.72. The lowest BCUT2D eigenvalue weighted by atomic mass is 10.2. The molecule has 0 spiro atoms. The highest BCUT2D eigenvalue weighted by Gasteiger charge is 2.35. The van der Waals surface area contributed by atoms with Crippen LogP contribution in [-0.4, -0.2) is 42.9 Å². The summed E-state index contributed by atoms with van der Waals surface area (Å²) in [6, 6.07) is 6.68. The molecule has 0 unspecified atom stereocenters. The Bertz CT molecular complexity index is 577. The number of hydrogen-bond donors (Lipinski definition) is 1. The molecule has 2 amide bonds. The van der Waals surface area contributed by atoms with Gasteiger partial charge in [-0.3, -0.25) is 9.59 Å². The predicted octanol–water partition coefficient (Wildman–Crippen LogP) is 1.00. The number of nitrogens with one attached hydrogen (secondary N) is 1. The number of hydrogen-bond acceptors (Lipinski definition) is 4. The average Bonchev–Trinajstić information content (AvgIpc) is 2.76. The molecule has 5 nitrogen and oxygen atoms in total. The Morgan fingerprint density at radius 2 is 1.70 bits per heavy atom. The zero-order valence-corrected chi connectivity index (χ0v) is 11.6. The second kappa shape index (κ2) is 5.26. The van der Waals surface area contributed by atoms with Crippen molar-refractivity contribution >= 4 is 29.1 Å². The van der Waals surface area contributed by atoms with Gasteiger partial charge in [0.25, 0.3) is 11.8 Å². The van der Waals surface area contributed by atoms with Gasteiger partial charge >= 0.3 is 0 Å². The largest absolute Gasteiger partial charge is 0.364 e. The molecule has 1 fully saturated rings. The van der Waals surface area contributed by atoms with E-state index in [1.165, 1.54) is 11.0 Å². The molecular weight excluding hydrogens is 278 g/mol. The highest BCUT2D eigenvalue weighted by atomic mass is 35.5.